The van der Waals surface area contributed by atoms with Gasteiger partial charge >= 0.3 is 0 Å². The molecule has 0 radical (unpaired) electrons. The Morgan fingerprint density at radius 2 is 2.11 bits per heavy atom. The van der Waals surface area contributed by atoms with E-state index in [1.54, 1.807) is 0 Å². The van der Waals surface area contributed by atoms with Crippen LogP contribution in [-0.2, 0) is 9.84 Å². The predicted molar refractivity (Wildman–Crippen MR) is 72.8 cm³/mol. The Kier molecular flexibility index (Phi) is 3.96. The summed E-state index contributed by atoms with van der Waals surface area (Å²) in [6.07, 6.45) is 1.76. The average Bonchev–Trinajstić information content (AvgIpc) is 2.52. The summed E-state index contributed by atoms with van der Waals surface area (Å²) in [6.45, 7) is 0.581. The number of rotatable bonds is 1. The molecule has 1 aliphatic heterocycles. The number of nitrogens with zero attached hydrogens (tertiary/aromatic N) is 2. The molecule has 0 saturated carbocycles. The second kappa shape index (κ2) is 5.34. The van der Waals surface area contributed by atoms with Crippen molar-refractivity contribution in [1.82, 2.24) is 9.88 Å². The molecule has 1 aromatic rings. The number of carbonyl (C=O) groups excluding carboxylic acids is 1. The zero-order valence-electron chi connectivity index (χ0n) is 10.2. The maximum Gasteiger partial charge on any atom is 0.256 e. The lowest BCUT2D eigenvalue weighted by Crippen LogP contribution is -2.34. The topological polar surface area (TPSA) is 93.4 Å². The molecule has 1 saturated heterocycles. The molecule has 1 aromatic heterocycles. The predicted octanol–water partition coefficient (Wildman–Crippen LogP) is 0.578. The van der Waals surface area contributed by atoms with Gasteiger partial charge in [0.05, 0.1) is 29.0 Å². The number of pyridine rings is 1. The molecule has 2 rings (SSSR count). The fraction of sp³-hybridized carbons (Fsp3) is 0.455. The van der Waals surface area contributed by atoms with Gasteiger partial charge in [-0.15, -0.1) is 0 Å². The van der Waals surface area contributed by atoms with E-state index >= 15 is 0 Å². The summed E-state index contributed by atoms with van der Waals surface area (Å²) < 4.78 is 23.0. The SMILES string of the molecule is Nc1cnc(Cl)cc1C(=O)N1CCCS(=O)(=O)CC1. The van der Waals surface area contributed by atoms with E-state index in [0.717, 1.165) is 0 Å². The van der Waals surface area contributed by atoms with Gasteiger partial charge in [-0.2, -0.15) is 0 Å². The van der Waals surface area contributed by atoms with Gasteiger partial charge in [-0.3, -0.25) is 4.79 Å². The van der Waals surface area contributed by atoms with E-state index in [1.807, 2.05) is 0 Å². The van der Waals surface area contributed by atoms with Crippen LogP contribution >= 0.6 is 11.6 Å². The monoisotopic (exact) mass is 303 g/mol. The first-order valence-electron chi connectivity index (χ1n) is 5.80. The summed E-state index contributed by atoms with van der Waals surface area (Å²) in [6, 6.07) is 1.40. The molecule has 0 atom stereocenters. The van der Waals surface area contributed by atoms with Crippen LogP contribution < -0.4 is 5.73 Å². The minimum atomic E-state index is -3.05. The van der Waals surface area contributed by atoms with Crippen LogP contribution in [0.4, 0.5) is 5.69 Å². The Morgan fingerprint density at radius 1 is 1.37 bits per heavy atom. The highest BCUT2D eigenvalue weighted by atomic mass is 35.5. The van der Waals surface area contributed by atoms with Gasteiger partial charge in [0.25, 0.3) is 5.91 Å². The number of aromatic nitrogens is 1. The molecule has 1 aliphatic rings. The Balaban J connectivity index is 2.22. The maximum absolute atomic E-state index is 12.3. The lowest BCUT2D eigenvalue weighted by Gasteiger charge is -2.20. The summed E-state index contributed by atoms with van der Waals surface area (Å²) in [5.74, 6) is -0.209. The van der Waals surface area contributed by atoms with Crippen molar-refractivity contribution in [2.75, 3.05) is 30.3 Å². The first-order chi connectivity index (χ1) is 8.89. The van der Waals surface area contributed by atoms with Gasteiger partial charge in [0.2, 0.25) is 0 Å². The first-order valence-corrected chi connectivity index (χ1v) is 8.00. The summed E-state index contributed by atoms with van der Waals surface area (Å²) in [5, 5.41) is 0.181. The van der Waals surface area contributed by atoms with Crippen molar-refractivity contribution in [3.8, 4) is 0 Å². The van der Waals surface area contributed by atoms with Gasteiger partial charge in [0, 0.05) is 13.1 Å². The third kappa shape index (κ3) is 3.36. The van der Waals surface area contributed by atoms with Crippen LogP contribution in [0.15, 0.2) is 12.3 Å². The number of hydrogen-bond donors (Lipinski definition) is 1. The third-order valence-electron chi connectivity index (χ3n) is 2.97. The summed E-state index contributed by atoms with van der Waals surface area (Å²) in [7, 11) is -3.05. The fourth-order valence-electron chi connectivity index (χ4n) is 1.94. The molecule has 8 heteroatoms. The zero-order valence-corrected chi connectivity index (χ0v) is 11.7. The normalized spacial score (nSPS) is 18.9. The average molecular weight is 304 g/mol. The van der Waals surface area contributed by atoms with E-state index in [9.17, 15) is 13.2 Å². The standard InChI is InChI=1S/C11H14ClN3O3S/c12-10-6-8(9(13)7-14-10)11(16)15-2-1-4-19(17,18)5-3-15/h6-7H,1-5,13H2. The number of sulfone groups is 1. The van der Waals surface area contributed by atoms with E-state index in [1.165, 1.54) is 17.2 Å². The lowest BCUT2D eigenvalue weighted by molar-refractivity contribution is 0.0769. The smallest absolute Gasteiger partial charge is 0.256 e. The molecule has 104 valence electrons. The molecule has 0 aliphatic carbocycles. The third-order valence-corrected chi connectivity index (χ3v) is 4.90. The van der Waals surface area contributed by atoms with Crippen LogP contribution in [-0.4, -0.2) is 48.8 Å². The molecule has 0 aromatic carbocycles. The number of anilines is 1. The van der Waals surface area contributed by atoms with E-state index in [2.05, 4.69) is 4.98 Å². The van der Waals surface area contributed by atoms with Crippen LogP contribution in [0.25, 0.3) is 0 Å². The number of nitrogens with two attached hydrogens (primary N) is 1. The van der Waals surface area contributed by atoms with Crippen molar-refractivity contribution in [3.63, 3.8) is 0 Å². The van der Waals surface area contributed by atoms with Gasteiger partial charge in [0.1, 0.15) is 5.15 Å². The highest BCUT2D eigenvalue weighted by molar-refractivity contribution is 7.91. The maximum atomic E-state index is 12.3. The Hall–Kier alpha value is -1.34. The molecule has 2 N–H and O–H groups in total. The van der Waals surface area contributed by atoms with E-state index < -0.39 is 9.84 Å². The second-order valence-electron chi connectivity index (χ2n) is 4.39. The van der Waals surface area contributed by atoms with Crippen LogP contribution in [0.5, 0.6) is 0 Å². The van der Waals surface area contributed by atoms with Gasteiger partial charge in [-0.25, -0.2) is 13.4 Å². The van der Waals surface area contributed by atoms with E-state index in [4.69, 9.17) is 17.3 Å². The van der Waals surface area contributed by atoms with Crippen molar-refractivity contribution >= 4 is 33.0 Å². The molecule has 0 spiro atoms. The van der Waals surface area contributed by atoms with Crippen LogP contribution in [0.3, 0.4) is 0 Å². The number of nitrogen functional groups attached to an aromatic ring is 1. The molecule has 0 bridgehead atoms. The highest BCUT2D eigenvalue weighted by Gasteiger charge is 2.24. The van der Waals surface area contributed by atoms with Gasteiger partial charge < -0.3 is 10.6 Å². The van der Waals surface area contributed by atoms with E-state index in [-0.39, 0.29) is 40.4 Å². The van der Waals surface area contributed by atoms with Crippen LogP contribution in [0, 0.1) is 0 Å². The largest absolute Gasteiger partial charge is 0.397 e. The number of carbonyl (C=O) groups is 1. The Labute approximate surface area is 116 Å². The summed E-state index contributed by atoms with van der Waals surface area (Å²) >= 11 is 5.74. The van der Waals surface area contributed by atoms with Crippen molar-refractivity contribution in [3.05, 3.63) is 23.0 Å². The van der Waals surface area contributed by atoms with Crippen molar-refractivity contribution < 1.29 is 13.2 Å². The Bertz CT molecular complexity index is 603. The molecule has 0 unspecified atom stereocenters. The lowest BCUT2D eigenvalue weighted by atomic mass is 10.2. The quantitative estimate of drug-likeness (QED) is 0.766. The van der Waals surface area contributed by atoms with Crippen molar-refractivity contribution in [1.29, 1.82) is 0 Å². The minimum absolute atomic E-state index is 0.0164. The van der Waals surface area contributed by atoms with Crippen LogP contribution in [0.2, 0.25) is 5.15 Å². The highest BCUT2D eigenvalue weighted by Crippen LogP contribution is 2.18. The molecule has 19 heavy (non-hydrogen) atoms. The molecule has 6 nitrogen and oxygen atoms in total. The molecule has 2 heterocycles. The van der Waals surface area contributed by atoms with E-state index in [0.29, 0.717) is 13.0 Å². The first kappa shape index (κ1) is 14.1. The van der Waals surface area contributed by atoms with Gasteiger partial charge in [-0.05, 0) is 12.5 Å². The fourth-order valence-corrected chi connectivity index (χ4v) is 3.37. The van der Waals surface area contributed by atoms with Crippen LogP contribution in [0.1, 0.15) is 16.8 Å². The number of halogens is 1. The molecular weight excluding hydrogens is 290 g/mol. The van der Waals surface area contributed by atoms with Crippen molar-refractivity contribution in [2.24, 2.45) is 0 Å². The Morgan fingerprint density at radius 3 is 2.84 bits per heavy atom. The summed E-state index contributed by atoms with van der Waals surface area (Å²) in [5.41, 5.74) is 6.20. The number of amides is 1. The van der Waals surface area contributed by atoms with Gasteiger partial charge in [0.15, 0.2) is 9.84 Å². The molecule has 1 amide bonds. The molecule has 1 fully saturated rings. The molecular formula is C11H14ClN3O3S. The second-order valence-corrected chi connectivity index (χ2v) is 7.08. The zero-order chi connectivity index (χ0) is 14.0. The minimum Gasteiger partial charge on any atom is -0.397 e. The van der Waals surface area contributed by atoms with Crippen molar-refractivity contribution in [2.45, 2.75) is 6.42 Å². The summed E-state index contributed by atoms with van der Waals surface area (Å²) in [4.78, 5) is 17.6. The number of hydrogen-bond acceptors (Lipinski definition) is 5. The van der Waals surface area contributed by atoms with Gasteiger partial charge in [-0.1, -0.05) is 11.6 Å².